The Labute approximate surface area is 111 Å². The predicted octanol–water partition coefficient (Wildman–Crippen LogP) is 3.62. The van der Waals surface area contributed by atoms with E-state index in [0.29, 0.717) is 0 Å². The second-order valence-corrected chi connectivity index (χ2v) is 3.91. The Morgan fingerprint density at radius 1 is 0.944 bits per heavy atom. The second-order valence-electron chi connectivity index (χ2n) is 3.91. The van der Waals surface area contributed by atoms with Gasteiger partial charge in [0.15, 0.2) is 0 Å². The van der Waals surface area contributed by atoms with Gasteiger partial charge in [0.2, 0.25) is 0 Å². The highest BCUT2D eigenvalue weighted by atomic mass is 16.3. The molecule has 1 unspecified atom stereocenters. The lowest BCUT2D eigenvalue weighted by Gasteiger charge is -1.88. The zero-order valence-electron chi connectivity index (χ0n) is 11.3. The minimum Gasteiger partial charge on any atom is -0.389 e. The molecule has 96 valence electrons. The summed E-state index contributed by atoms with van der Waals surface area (Å²) in [6.07, 6.45) is 15.1. The number of rotatable bonds is 5. The standard InChI is InChI=1S/C17H22O/c1-3-4-5-6-7-8-9-10-11-12-13-14-15-16-17(2)18/h7-8,11-12,15-18H,3-6H2,1-2H3/b8-7+,12-11+,16-15+. The topological polar surface area (TPSA) is 20.2 Å². The van der Waals surface area contributed by atoms with Gasteiger partial charge in [0.05, 0.1) is 6.10 Å². The fourth-order valence-corrected chi connectivity index (χ4v) is 1.12. The number of aliphatic hydroxyl groups is 1. The molecule has 0 rings (SSSR count). The Balaban J connectivity index is 3.75. The Bertz CT molecular complexity index is 389. The van der Waals surface area contributed by atoms with E-state index in [1.54, 1.807) is 31.2 Å². The number of unbranched alkanes of at least 4 members (excludes halogenated alkanes) is 3. The Hall–Kier alpha value is -1.70. The highest BCUT2D eigenvalue weighted by Crippen LogP contribution is 1.98. The van der Waals surface area contributed by atoms with Gasteiger partial charge in [0.25, 0.3) is 0 Å². The van der Waals surface area contributed by atoms with Gasteiger partial charge in [-0.2, -0.15) is 0 Å². The molecule has 0 amide bonds. The molecule has 1 nitrogen and oxygen atoms in total. The summed E-state index contributed by atoms with van der Waals surface area (Å²) in [5, 5.41) is 8.93. The molecule has 0 bridgehead atoms. The van der Waals surface area contributed by atoms with Crippen LogP contribution in [-0.2, 0) is 0 Å². The highest BCUT2D eigenvalue weighted by Gasteiger charge is 1.80. The molecule has 18 heavy (non-hydrogen) atoms. The van der Waals surface area contributed by atoms with E-state index in [4.69, 9.17) is 5.11 Å². The maximum Gasteiger partial charge on any atom is 0.0701 e. The van der Waals surface area contributed by atoms with Crippen molar-refractivity contribution >= 4 is 0 Å². The molecule has 0 radical (unpaired) electrons. The van der Waals surface area contributed by atoms with Crippen LogP contribution in [0.5, 0.6) is 0 Å². The maximum atomic E-state index is 8.93. The molecule has 0 aromatic heterocycles. The highest BCUT2D eigenvalue weighted by molar-refractivity contribution is 5.30. The number of aliphatic hydroxyl groups excluding tert-OH is 1. The van der Waals surface area contributed by atoms with Crippen LogP contribution in [0, 0.1) is 23.7 Å². The SMILES string of the molecule is CCCCC/C=C/C#C/C=C/C#C/C=C/C(C)O. The molecular formula is C17H22O. The van der Waals surface area contributed by atoms with Gasteiger partial charge in [-0.3, -0.25) is 0 Å². The zero-order valence-corrected chi connectivity index (χ0v) is 11.3. The van der Waals surface area contributed by atoms with Crippen LogP contribution in [0.1, 0.15) is 39.5 Å². The summed E-state index contributed by atoms with van der Waals surface area (Å²) in [5.74, 6) is 11.4. The molecule has 0 aliphatic carbocycles. The summed E-state index contributed by atoms with van der Waals surface area (Å²) in [4.78, 5) is 0. The minimum absolute atomic E-state index is 0.444. The summed E-state index contributed by atoms with van der Waals surface area (Å²) in [6, 6.07) is 0. The van der Waals surface area contributed by atoms with Crippen molar-refractivity contribution in [1.82, 2.24) is 0 Å². The molecule has 0 spiro atoms. The summed E-state index contributed by atoms with van der Waals surface area (Å²) >= 11 is 0. The quantitative estimate of drug-likeness (QED) is 0.576. The summed E-state index contributed by atoms with van der Waals surface area (Å²) in [7, 11) is 0. The van der Waals surface area contributed by atoms with Crippen molar-refractivity contribution in [2.24, 2.45) is 0 Å². The first-order chi connectivity index (χ1) is 8.77. The van der Waals surface area contributed by atoms with Gasteiger partial charge >= 0.3 is 0 Å². The molecule has 0 aliphatic rings. The van der Waals surface area contributed by atoms with Crippen LogP contribution in [0.4, 0.5) is 0 Å². The molecule has 0 heterocycles. The maximum absolute atomic E-state index is 8.93. The van der Waals surface area contributed by atoms with Gasteiger partial charge in [-0.15, -0.1) is 0 Å². The first-order valence-electron chi connectivity index (χ1n) is 6.44. The van der Waals surface area contributed by atoms with Crippen LogP contribution in [0.3, 0.4) is 0 Å². The van der Waals surface area contributed by atoms with E-state index in [1.807, 2.05) is 6.08 Å². The van der Waals surface area contributed by atoms with Gasteiger partial charge in [0, 0.05) is 0 Å². The van der Waals surface area contributed by atoms with Gasteiger partial charge in [-0.1, -0.05) is 49.5 Å². The van der Waals surface area contributed by atoms with Crippen LogP contribution < -0.4 is 0 Å². The average Bonchev–Trinajstić information content (AvgIpc) is 2.34. The molecule has 0 saturated heterocycles. The summed E-state index contributed by atoms with van der Waals surface area (Å²) in [5.41, 5.74) is 0. The van der Waals surface area contributed by atoms with Gasteiger partial charge < -0.3 is 5.11 Å². The largest absolute Gasteiger partial charge is 0.389 e. The van der Waals surface area contributed by atoms with Crippen molar-refractivity contribution in [3.05, 3.63) is 36.5 Å². The van der Waals surface area contributed by atoms with E-state index in [1.165, 1.54) is 19.3 Å². The van der Waals surface area contributed by atoms with Crippen molar-refractivity contribution in [2.75, 3.05) is 0 Å². The molecule has 1 atom stereocenters. The molecule has 0 aliphatic heterocycles. The first-order valence-corrected chi connectivity index (χ1v) is 6.44. The van der Waals surface area contributed by atoms with Gasteiger partial charge in [-0.25, -0.2) is 0 Å². The van der Waals surface area contributed by atoms with Crippen LogP contribution in [0.2, 0.25) is 0 Å². The van der Waals surface area contributed by atoms with E-state index in [0.717, 1.165) is 6.42 Å². The second kappa shape index (κ2) is 13.4. The van der Waals surface area contributed by atoms with Gasteiger partial charge in [0.1, 0.15) is 0 Å². The third kappa shape index (κ3) is 14.3. The molecule has 0 fully saturated rings. The molecule has 1 heteroatoms. The Kier molecular flexibility index (Phi) is 12.1. The molecular weight excluding hydrogens is 220 g/mol. The summed E-state index contributed by atoms with van der Waals surface area (Å²) in [6.45, 7) is 3.89. The van der Waals surface area contributed by atoms with Crippen LogP contribution in [-0.4, -0.2) is 11.2 Å². The normalized spacial score (nSPS) is 12.4. The Morgan fingerprint density at radius 2 is 1.56 bits per heavy atom. The van der Waals surface area contributed by atoms with Crippen molar-refractivity contribution in [3.63, 3.8) is 0 Å². The first kappa shape index (κ1) is 16.3. The van der Waals surface area contributed by atoms with Crippen LogP contribution in [0.15, 0.2) is 36.5 Å². The van der Waals surface area contributed by atoms with E-state index >= 15 is 0 Å². The third-order valence-corrected chi connectivity index (χ3v) is 2.05. The number of hydrogen-bond acceptors (Lipinski definition) is 1. The van der Waals surface area contributed by atoms with Crippen molar-refractivity contribution in [3.8, 4) is 23.7 Å². The fourth-order valence-electron chi connectivity index (χ4n) is 1.12. The smallest absolute Gasteiger partial charge is 0.0701 e. The van der Waals surface area contributed by atoms with Crippen LogP contribution in [0.25, 0.3) is 0 Å². The Morgan fingerprint density at radius 3 is 2.17 bits per heavy atom. The fraction of sp³-hybridized carbons (Fsp3) is 0.412. The lowest BCUT2D eigenvalue weighted by molar-refractivity contribution is 0.244. The van der Waals surface area contributed by atoms with Crippen molar-refractivity contribution in [2.45, 2.75) is 45.6 Å². The molecule has 0 aromatic carbocycles. The zero-order chi connectivity index (χ0) is 13.5. The van der Waals surface area contributed by atoms with E-state index in [2.05, 4.69) is 36.7 Å². The molecule has 1 N–H and O–H groups in total. The third-order valence-electron chi connectivity index (χ3n) is 2.05. The molecule has 0 saturated carbocycles. The van der Waals surface area contributed by atoms with Crippen molar-refractivity contribution < 1.29 is 5.11 Å². The predicted molar refractivity (Wildman–Crippen MR) is 78.8 cm³/mol. The van der Waals surface area contributed by atoms with E-state index in [9.17, 15) is 0 Å². The average molecular weight is 242 g/mol. The van der Waals surface area contributed by atoms with Crippen LogP contribution >= 0.6 is 0 Å². The van der Waals surface area contributed by atoms with Crippen molar-refractivity contribution in [1.29, 1.82) is 0 Å². The lowest BCUT2D eigenvalue weighted by atomic mass is 10.2. The number of allylic oxidation sites excluding steroid dienone is 5. The summed E-state index contributed by atoms with van der Waals surface area (Å²) < 4.78 is 0. The lowest BCUT2D eigenvalue weighted by Crippen LogP contribution is -1.90. The van der Waals surface area contributed by atoms with Gasteiger partial charge in [-0.05, 0) is 50.1 Å². The monoisotopic (exact) mass is 242 g/mol. The van der Waals surface area contributed by atoms with E-state index < -0.39 is 6.10 Å². The molecule has 0 aromatic rings. The number of hydrogen-bond donors (Lipinski definition) is 1. The van der Waals surface area contributed by atoms with E-state index in [-0.39, 0.29) is 0 Å². The minimum atomic E-state index is -0.444.